The number of ether oxygens (including phenoxy) is 2. The number of hydrogen-bond donors (Lipinski definition) is 1. The van der Waals surface area contributed by atoms with Crippen LogP contribution in [0, 0.1) is 12.8 Å². The normalized spacial score (nSPS) is 16.0. The summed E-state index contributed by atoms with van der Waals surface area (Å²) in [7, 11) is 0. The van der Waals surface area contributed by atoms with Gasteiger partial charge in [-0.15, -0.1) is 0 Å². The first kappa shape index (κ1) is 21.3. The van der Waals surface area contributed by atoms with Gasteiger partial charge in [0, 0.05) is 38.2 Å². The molecule has 2 heterocycles. The molecule has 0 aliphatic carbocycles. The maximum Gasteiger partial charge on any atom is 0.251 e. The molecule has 0 bridgehead atoms. The largest absolute Gasteiger partial charge is 0.485 e. The highest BCUT2D eigenvalue weighted by Gasteiger charge is 2.22. The van der Waals surface area contributed by atoms with Crippen molar-refractivity contribution in [3.05, 3.63) is 41.5 Å². The van der Waals surface area contributed by atoms with E-state index in [0.717, 1.165) is 32.7 Å². The van der Waals surface area contributed by atoms with Gasteiger partial charge in [0.1, 0.15) is 5.75 Å². The van der Waals surface area contributed by atoms with Gasteiger partial charge >= 0.3 is 0 Å². The summed E-state index contributed by atoms with van der Waals surface area (Å²) in [6, 6.07) is 7.39. The standard InChI is InChI=1S/C21H30N4O4/c1-15(2)12-18(25-8-10-27-11-9-25)13-22-21(26)17-4-6-19(7-5-17)28-14-20-23-16(3)29-24-20/h4-7,15,18H,8-14H2,1-3H3,(H,22,26). The summed E-state index contributed by atoms with van der Waals surface area (Å²) in [5, 5.41) is 6.88. The lowest BCUT2D eigenvalue weighted by Gasteiger charge is -2.35. The molecule has 3 rings (SSSR count). The van der Waals surface area contributed by atoms with Crippen molar-refractivity contribution < 1.29 is 18.8 Å². The van der Waals surface area contributed by atoms with Crippen LogP contribution in [0.3, 0.4) is 0 Å². The lowest BCUT2D eigenvalue weighted by Crippen LogP contribution is -2.49. The number of morpholine rings is 1. The molecule has 1 amide bonds. The molecule has 1 unspecified atom stereocenters. The molecule has 0 saturated carbocycles. The SMILES string of the molecule is Cc1nc(COc2ccc(C(=O)NCC(CC(C)C)N3CCOCC3)cc2)no1. The van der Waals surface area contributed by atoms with Crippen molar-refractivity contribution in [2.45, 2.75) is 39.8 Å². The first-order valence-electron chi connectivity index (χ1n) is 10.1. The molecule has 1 aliphatic rings. The Bertz CT molecular complexity index is 769. The third kappa shape index (κ3) is 6.54. The Morgan fingerprint density at radius 3 is 2.59 bits per heavy atom. The fraction of sp³-hybridized carbons (Fsp3) is 0.571. The molecule has 8 heteroatoms. The molecule has 1 saturated heterocycles. The summed E-state index contributed by atoms with van der Waals surface area (Å²) in [5.74, 6) is 2.13. The zero-order valence-electron chi connectivity index (χ0n) is 17.4. The number of carbonyl (C=O) groups excluding carboxylic acids is 1. The van der Waals surface area contributed by atoms with Crippen LogP contribution in [-0.2, 0) is 11.3 Å². The van der Waals surface area contributed by atoms with E-state index in [0.29, 0.717) is 41.5 Å². The van der Waals surface area contributed by atoms with Crippen LogP contribution in [0.1, 0.15) is 42.3 Å². The van der Waals surface area contributed by atoms with E-state index in [1.807, 2.05) is 0 Å². The van der Waals surface area contributed by atoms with Crippen molar-refractivity contribution >= 4 is 5.91 Å². The van der Waals surface area contributed by atoms with Crippen molar-refractivity contribution in [3.63, 3.8) is 0 Å². The maximum atomic E-state index is 12.6. The molecule has 158 valence electrons. The van der Waals surface area contributed by atoms with Crippen LogP contribution in [0.4, 0.5) is 0 Å². The minimum Gasteiger partial charge on any atom is -0.485 e. The zero-order valence-corrected chi connectivity index (χ0v) is 17.4. The van der Waals surface area contributed by atoms with Crippen molar-refractivity contribution in [2.24, 2.45) is 5.92 Å². The molecule has 1 N–H and O–H groups in total. The van der Waals surface area contributed by atoms with Crippen LogP contribution in [0.25, 0.3) is 0 Å². The van der Waals surface area contributed by atoms with Gasteiger partial charge in [0.2, 0.25) is 11.7 Å². The minimum absolute atomic E-state index is 0.0765. The molecule has 1 atom stereocenters. The van der Waals surface area contributed by atoms with Crippen molar-refractivity contribution in [3.8, 4) is 5.75 Å². The summed E-state index contributed by atoms with van der Waals surface area (Å²) >= 11 is 0. The number of carbonyl (C=O) groups is 1. The number of nitrogens with zero attached hydrogens (tertiary/aromatic N) is 3. The van der Waals surface area contributed by atoms with Crippen LogP contribution in [0.15, 0.2) is 28.8 Å². The number of amides is 1. The highest BCUT2D eigenvalue weighted by molar-refractivity contribution is 5.94. The molecule has 2 aromatic rings. The monoisotopic (exact) mass is 402 g/mol. The van der Waals surface area contributed by atoms with Crippen molar-refractivity contribution in [1.29, 1.82) is 0 Å². The molecule has 1 fully saturated rings. The summed E-state index contributed by atoms with van der Waals surface area (Å²) in [6.45, 7) is 10.4. The third-order valence-corrected chi connectivity index (χ3v) is 4.86. The second kappa shape index (κ2) is 10.4. The second-order valence-corrected chi connectivity index (χ2v) is 7.68. The molecule has 8 nitrogen and oxygen atoms in total. The fourth-order valence-corrected chi connectivity index (χ4v) is 3.41. The molecule has 29 heavy (non-hydrogen) atoms. The van der Waals surface area contributed by atoms with Crippen molar-refractivity contribution in [2.75, 3.05) is 32.8 Å². The summed E-state index contributed by atoms with van der Waals surface area (Å²) in [4.78, 5) is 19.1. The Morgan fingerprint density at radius 2 is 1.97 bits per heavy atom. The smallest absolute Gasteiger partial charge is 0.251 e. The van der Waals surface area contributed by atoms with E-state index in [1.54, 1.807) is 31.2 Å². The third-order valence-electron chi connectivity index (χ3n) is 4.86. The fourth-order valence-electron chi connectivity index (χ4n) is 3.41. The van der Waals surface area contributed by atoms with Gasteiger partial charge in [0.15, 0.2) is 6.61 Å². The van der Waals surface area contributed by atoms with Gasteiger partial charge in [-0.2, -0.15) is 4.98 Å². The first-order valence-corrected chi connectivity index (χ1v) is 10.1. The first-order chi connectivity index (χ1) is 14.0. The number of aromatic nitrogens is 2. The van der Waals surface area contributed by atoms with Gasteiger partial charge in [0.25, 0.3) is 5.91 Å². The predicted octanol–water partition coefficient (Wildman–Crippen LogP) is 2.43. The molecular weight excluding hydrogens is 372 g/mol. The lowest BCUT2D eigenvalue weighted by atomic mass is 10.0. The number of hydrogen-bond acceptors (Lipinski definition) is 7. The molecule has 1 aromatic heterocycles. The average molecular weight is 402 g/mol. The van der Waals surface area contributed by atoms with Crippen LogP contribution in [0.2, 0.25) is 0 Å². The van der Waals surface area contributed by atoms with Gasteiger partial charge in [-0.05, 0) is 36.6 Å². The number of benzene rings is 1. The highest BCUT2D eigenvalue weighted by Crippen LogP contribution is 2.15. The van der Waals surface area contributed by atoms with E-state index in [1.165, 1.54) is 0 Å². The van der Waals surface area contributed by atoms with E-state index < -0.39 is 0 Å². The van der Waals surface area contributed by atoms with Crippen LogP contribution in [-0.4, -0.2) is 59.8 Å². The van der Waals surface area contributed by atoms with E-state index in [2.05, 4.69) is 34.2 Å². The number of rotatable bonds is 9. The summed E-state index contributed by atoms with van der Waals surface area (Å²) in [5.41, 5.74) is 0.609. The molecule has 0 radical (unpaired) electrons. The Balaban J connectivity index is 1.50. The quantitative estimate of drug-likeness (QED) is 0.689. The number of nitrogens with one attached hydrogen (secondary N) is 1. The molecular formula is C21H30N4O4. The molecule has 1 aromatic carbocycles. The van der Waals surface area contributed by atoms with E-state index >= 15 is 0 Å². The topological polar surface area (TPSA) is 89.7 Å². The van der Waals surface area contributed by atoms with Gasteiger partial charge < -0.3 is 19.3 Å². The predicted molar refractivity (Wildman–Crippen MR) is 108 cm³/mol. The van der Waals surface area contributed by atoms with Crippen LogP contribution < -0.4 is 10.1 Å². The zero-order chi connectivity index (χ0) is 20.6. The van der Waals surface area contributed by atoms with Crippen LogP contribution in [0.5, 0.6) is 5.75 Å². The Morgan fingerprint density at radius 1 is 1.24 bits per heavy atom. The second-order valence-electron chi connectivity index (χ2n) is 7.68. The van der Waals surface area contributed by atoms with Gasteiger partial charge in [-0.25, -0.2) is 0 Å². The van der Waals surface area contributed by atoms with Gasteiger partial charge in [-0.3, -0.25) is 9.69 Å². The van der Waals surface area contributed by atoms with Crippen LogP contribution >= 0.6 is 0 Å². The maximum absolute atomic E-state index is 12.6. The molecule has 1 aliphatic heterocycles. The lowest BCUT2D eigenvalue weighted by molar-refractivity contribution is 0.0124. The summed E-state index contributed by atoms with van der Waals surface area (Å²) in [6.07, 6.45) is 1.04. The van der Waals surface area contributed by atoms with E-state index in [-0.39, 0.29) is 12.5 Å². The molecule has 0 spiro atoms. The van der Waals surface area contributed by atoms with Gasteiger partial charge in [0.05, 0.1) is 13.2 Å². The minimum atomic E-state index is -0.0765. The van der Waals surface area contributed by atoms with Gasteiger partial charge in [-0.1, -0.05) is 19.0 Å². The summed E-state index contributed by atoms with van der Waals surface area (Å²) < 4.78 is 16.0. The average Bonchev–Trinajstić information content (AvgIpc) is 3.15. The van der Waals surface area contributed by atoms with E-state index in [4.69, 9.17) is 14.0 Å². The number of aryl methyl sites for hydroxylation is 1. The Labute approximate surface area is 171 Å². The Kier molecular flexibility index (Phi) is 7.60. The Hall–Kier alpha value is -2.45. The van der Waals surface area contributed by atoms with Crippen molar-refractivity contribution in [1.82, 2.24) is 20.4 Å². The van der Waals surface area contributed by atoms with E-state index in [9.17, 15) is 4.79 Å². The highest BCUT2D eigenvalue weighted by atomic mass is 16.5.